The van der Waals surface area contributed by atoms with E-state index in [1.807, 2.05) is 24.3 Å². The Balaban J connectivity index is 1.72. The molecule has 0 saturated heterocycles. The van der Waals surface area contributed by atoms with Crippen molar-refractivity contribution < 1.29 is 10.2 Å². The van der Waals surface area contributed by atoms with Gasteiger partial charge in [0.1, 0.15) is 11.5 Å². The van der Waals surface area contributed by atoms with Gasteiger partial charge in [-0.3, -0.25) is 4.99 Å². The number of nitrogens with one attached hydrogen (secondary N) is 1. The first-order valence-corrected chi connectivity index (χ1v) is 6.57. The molecule has 0 heterocycles. The quantitative estimate of drug-likeness (QED) is 0.429. The maximum absolute atomic E-state index is 9.57. The Labute approximate surface area is 118 Å². The van der Waals surface area contributed by atoms with Crippen LogP contribution in [0.15, 0.2) is 53.5 Å². The third-order valence-corrected chi connectivity index (χ3v) is 2.85. The molecule has 0 atom stereocenters. The van der Waals surface area contributed by atoms with Gasteiger partial charge in [0.25, 0.3) is 0 Å². The van der Waals surface area contributed by atoms with Crippen molar-refractivity contribution in [1.29, 1.82) is 0 Å². The second kappa shape index (κ2) is 7.19. The number of anilines is 1. The van der Waals surface area contributed by atoms with Crippen molar-refractivity contribution in [2.45, 2.75) is 6.42 Å². The number of aliphatic imine (C=N–C) groups is 1. The second-order valence-electron chi connectivity index (χ2n) is 4.39. The van der Waals surface area contributed by atoms with Crippen LogP contribution in [0.25, 0.3) is 0 Å². The lowest BCUT2D eigenvalue weighted by Gasteiger charge is -2.06. The highest BCUT2D eigenvalue weighted by atomic mass is 16.3. The number of phenols is 2. The molecule has 0 amide bonds. The fourth-order valence-electron chi connectivity index (χ4n) is 1.78. The predicted octanol–water partition coefficient (Wildman–Crippen LogP) is 3.02. The molecule has 0 aliphatic carbocycles. The van der Waals surface area contributed by atoms with Gasteiger partial charge in [-0.2, -0.15) is 0 Å². The van der Waals surface area contributed by atoms with Crippen LogP contribution in [0, 0.1) is 0 Å². The minimum atomic E-state index is 0.239. The maximum Gasteiger partial charge on any atom is 0.138 e. The Kier molecular flexibility index (Phi) is 5.00. The number of phenolic OH excluding ortho intramolecular Hbond substituents is 2. The topological polar surface area (TPSA) is 64.9 Å². The summed E-state index contributed by atoms with van der Waals surface area (Å²) in [5, 5.41) is 22.3. The lowest BCUT2D eigenvalue weighted by molar-refractivity contribution is 0.474. The monoisotopic (exact) mass is 270 g/mol. The van der Waals surface area contributed by atoms with Gasteiger partial charge in [-0.1, -0.05) is 24.3 Å². The van der Waals surface area contributed by atoms with Crippen molar-refractivity contribution in [3.63, 3.8) is 0 Å². The van der Waals surface area contributed by atoms with Crippen molar-refractivity contribution in [1.82, 2.24) is 0 Å². The zero-order valence-electron chi connectivity index (χ0n) is 11.2. The summed E-state index contributed by atoms with van der Waals surface area (Å²) in [4.78, 5) is 4.27. The number of para-hydroxylation sites is 3. The average molecular weight is 270 g/mol. The number of nitrogens with zero attached hydrogens (tertiary/aromatic N) is 1. The second-order valence-corrected chi connectivity index (χ2v) is 4.39. The SMILES string of the molecule is Oc1ccccc1/C=N/CCCNc1ccccc1O. The molecule has 0 radical (unpaired) electrons. The number of hydrogen-bond acceptors (Lipinski definition) is 4. The normalized spacial score (nSPS) is 10.8. The molecular formula is C16H18N2O2. The van der Waals surface area contributed by atoms with Gasteiger partial charge in [0, 0.05) is 24.9 Å². The van der Waals surface area contributed by atoms with E-state index in [2.05, 4.69) is 10.3 Å². The molecular weight excluding hydrogens is 252 g/mol. The van der Waals surface area contributed by atoms with Gasteiger partial charge in [-0.25, -0.2) is 0 Å². The van der Waals surface area contributed by atoms with Crippen molar-refractivity contribution >= 4 is 11.9 Å². The minimum absolute atomic E-state index is 0.239. The lowest BCUT2D eigenvalue weighted by atomic mass is 10.2. The van der Waals surface area contributed by atoms with Gasteiger partial charge in [-0.15, -0.1) is 0 Å². The largest absolute Gasteiger partial charge is 0.507 e. The Morgan fingerprint density at radius 3 is 2.40 bits per heavy atom. The Morgan fingerprint density at radius 2 is 1.65 bits per heavy atom. The number of hydrogen-bond donors (Lipinski definition) is 3. The van der Waals surface area contributed by atoms with E-state index in [0.29, 0.717) is 6.54 Å². The summed E-state index contributed by atoms with van der Waals surface area (Å²) in [6.45, 7) is 1.39. The van der Waals surface area contributed by atoms with E-state index in [0.717, 1.165) is 24.2 Å². The summed E-state index contributed by atoms with van der Waals surface area (Å²) in [6.07, 6.45) is 2.52. The summed E-state index contributed by atoms with van der Waals surface area (Å²) >= 11 is 0. The molecule has 4 nitrogen and oxygen atoms in total. The Hall–Kier alpha value is -2.49. The third kappa shape index (κ3) is 4.02. The molecule has 2 aromatic rings. The molecule has 4 heteroatoms. The number of aromatic hydroxyl groups is 2. The molecule has 20 heavy (non-hydrogen) atoms. The zero-order chi connectivity index (χ0) is 14.2. The molecule has 0 saturated carbocycles. The molecule has 3 N–H and O–H groups in total. The first-order valence-electron chi connectivity index (χ1n) is 6.57. The van der Waals surface area contributed by atoms with E-state index >= 15 is 0 Å². The summed E-state index contributed by atoms with van der Waals surface area (Å²) in [5.41, 5.74) is 1.46. The molecule has 0 aliphatic rings. The number of rotatable bonds is 6. The van der Waals surface area contributed by atoms with Gasteiger partial charge < -0.3 is 15.5 Å². The van der Waals surface area contributed by atoms with Crippen LogP contribution in [0.5, 0.6) is 11.5 Å². The molecule has 104 valence electrons. The fourth-order valence-corrected chi connectivity index (χ4v) is 1.78. The van der Waals surface area contributed by atoms with E-state index in [1.54, 1.807) is 30.5 Å². The molecule has 0 aliphatic heterocycles. The first kappa shape index (κ1) is 13.9. The standard InChI is InChI=1S/C16H18N2O2/c19-15-8-3-1-6-13(15)12-17-10-5-11-18-14-7-2-4-9-16(14)20/h1-4,6-9,12,18-20H,5,10-11H2/b17-12+. The lowest BCUT2D eigenvalue weighted by Crippen LogP contribution is -2.03. The van der Waals surface area contributed by atoms with Gasteiger partial charge in [0.05, 0.1) is 5.69 Å². The van der Waals surface area contributed by atoms with E-state index in [1.165, 1.54) is 0 Å². The van der Waals surface area contributed by atoms with Crippen LogP contribution in [-0.2, 0) is 0 Å². The zero-order valence-corrected chi connectivity index (χ0v) is 11.2. The summed E-state index contributed by atoms with van der Waals surface area (Å²) in [7, 11) is 0. The summed E-state index contributed by atoms with van der Waals surface area (Å²) in [5.74, 6) is 0.494. The van der Waals surface area contributed by atoms with Crippen LogP contribution in [0.4, 0.5) is 5.69 Å². The molecule has 0 unspecified atom stereocenters. The van der Waals surface area contributed by atoms with Gasteiger partial charge >= 0.3 is 0 Å². The average Bonchev–Trinajstić information content (AvgIpc) is 2.46. The number of benzene rings is 2. The van der Waals surface area contributed by atoms with Crippen LogP contribution < -0.4 is 5.32 Å². The van der Waals surface area contributed by atoms with Crippen LogP contribution >= 0.6 is 0 Å². The Morgan fingerprint density at radius 1 is 0.950 bits per heavy atom. The highest BCUT2D eigenvalue weighted by Gasteiger charge is 1.97. The van der Waals surface area contributed by atoms with Gasteiger partial charge in [0.2, 0.25) is 0 Å². The van der Waals surface area contributed by atoms with Gasteiger partial charge in [-0.05, 0) is 30.7 Å². The molecule has 0 fully saturated rings. The van der Waals surface area contributed by atoms with E-state index in [4.69, 9.17) is 0 Å². The fraction of sp³-hybridized carbons (Fsp3) is 0.188. The van der Waals surface area contributed by atoms with E-state index < -0.39 is 0 Å². The van der Waals surface area contributed by atoms with Crippen LogP contribution in [-0.4, -0.2) is 29.5 Å². The van der Waals surface area contributed by atoms with Crippen molar-refractivity contribution in [3.05, 3.63) is 54.1 Å². The van der Waals surface area contributed by atoms with E-state index in [-0.39, 0.29) is 11.5 Å². The maximum atomic E-state index is 9.57. The van der Waals surface area contributed by atoms with E-state index in [9.17, 15) is 10.2 Å². The highest BCUT2D eigenvalue weighted by molar-refractivity contribution is 5.83. The van der Waals surface area contributed by atoms with Gasteiger partial charge in [0.15, 0.2) is 0 Å². The van der Waals surface area contributed by atoms with Crippen molar-refractivity contribution in [2.24, 2.45) is 4.99 Å². The third-order valence-electron chi connectivity index (χ3n) is 2.85. The molecule has 2 rings (SSSR count). The van der Waals surface area contributed by atoms with Crippen molar-refractivity contribution in [2.75, 3.05) is 18.4 Å². The molecule has 2 aromatic carbocycles. The molecule has 0 aromatic heterocycles. The smallest absolute Gasteiger partial charge is 0.138 e. The Bertz CT molecular complexity index is 582. The van der Waals surface area contributed by atoms with Crippen molar-refractivity contribution in [3.8, 4) is 11.5 Å². The van der Waals surface area contributed by atoms with Crippen LogP contribution in [0.3, 0.4) is 0 Å². The van der Waals surface area contributed by atoms with Crippen LogP contribution in [0.1, 0.15) is 12.0 Å². The molecule has 0 spiro atoms. The summed E-state index contributed by atoms with van der Waals surface area (Å²) < 4.78 is 0. The highest BCUT2D eigenvalue weighted by Crippen LogP contribution is 2.21. The first-order chi connectivity index (χ1) is 9.77. The van der Waals surface area contributed by atoms with Crippen LogP contribution in [0.2, 0.25) is 0 Å². The summed E-state index contributed by atoms with van der Waals surface area (Å²) in [6, 6.07) is 14.2. The minimum Gasteiger partial charge on any atom is -0.507 e. The predicted molar refractivity (Wildman–Crippen MR) is 81.8 cm³/mol. The molecule has 0 bridgehead atoms.